The lowest BCUT2D eigenvalue weighted by molar-refractivity contribution is -0.119. The molecule has 0 radical (unpaired) electrons. The summed E-state index contributed by atoms with van der Waals surface area (Å²) in [6, 6.07) is 12.3. The maximum absolute atomic E-state index is 13.5. The first kappa shape index (κ1) is 32.6. The zero-order valence-electron chi connectivity index (χ0n) is 27.1. The highest BCUT2D eigenvalue weighted by molar-refractivity contribution is 7.14. The van der Waals surface area contributed by atoms with Gasteiger partial charge in [0.15, 0.2) is 28.1 Å². The van der Waals surface area contributed by atoms with Gasteiger partial charge in [-0.1, -0.05) is 6.07 Å². The Morgan fingerprint density at radius 3 is 2.58 bits per heavy atom. The van der Waals surface area contributed by atoms with Gasteiger partial charge >= 0.3 is 0 Å². The van der Waals surface area contributed by atoms with Gasteiger partial charge in [-0.25, -0.2) is 4.98 Å². The number of ether oxygens (including phenoxy) is 5. The van der Waals surface area contributed by atoms with E-state index >= 15 is 0 Å². The van der Waals surface area contributed by atoms with Gasteiger partial charge < -0.3 is 39.6 Å². The van der Waals surface area contributed by atoms with Crippen molar-refractivity contribution >= 4 is 34.0 Å². The van der Waals surface area contributed by atoms with Gasteiger partial charge in [0.25, 0.3) is 0 Å². The third-order valence-corrected chi connectivity index (χ3v) is 8.99. The summed E-state index contributed by atoms with van der Waals surface area (Å²) in [5.41, 5.74) is 4.87. The first-order valence-corrected chi connectivity index (χ1v) is 16.3. The molecule has 2 heterocycles. The average molecular weight is 673 g/mol. The molecular weight excluding hydrogens is 636 g/mol. The molecule has 0 spiro atoms. The monoisotopic (exact) mass is 672 g/mol. The molecule has 0 unspecified atom stereocenters. The van der Waals surface area contributed by atoms with Crippen molar-refractivity contribution in [3.05, 3.63) is 69.2 Å². The molecule has 2 amide bonds. The van der Waals surface area contributed by atoms with Crippen LogP contribution in [0.15, 0.2) is 52.6 Å². The van der Waals surface area contributed by atoms with Crippen LogP contribution in [-0.2, 0) is 16.0 Å². The third-order valence-electron chi connectivity index (χ3n) is 8.23. The van der Waals surface area contributed by atoms with Gasteiger partial charge in [0.05, 0.1) is 38.8 Å². The fourth-order valence-corrected chi connectivity index (χ4v) is 6.76. The molecule has 0 bridgehead atoms. The highest BCUT2D eigenvalue weighted by atomic mass is 32.1. The summed E-state index contributed by atoms with van der Waals surface area (Å²) in [7, 11) is 4.67. The van der Waals surface area contributed by atoms with E-state index in [4.69, 9.17) is 23.7 Å². The summed E-state index contributed by atoms with van der Waals surface area (Å²) in [6.45, 7) is 2.04. The lowest BCUT2D eigenvalue weighted by Gasteiger charge is -2.19. The highest BCUT2D eigenvalue weighted by Crippen LogP contribution is 2.50. The predicted molar refractivity (Wildman–Crippen MR) is 183 cm³/mol. The molecule has 1 aliphatic heterocycles. The lowest BCUT2D eigenvalue weighted by Crippen LogP contribution is -2.26. The number of amides is 2. The van der Waals surface area contributed by atoms with Crippen molar-refractivity contribution in [3.63, 3.8) is 0 Å². The normalized spacial score (nSPS) is 14.2. The Bertz CT molecular complexity index is 1930. The number of anilines is 2. The molecule has 2 aliphatic rings. The Kier molecular flexibility index (Phi) is 9.67. The van der Waals surface area contributed by atoms with E-state index in [1.807, 2.05) is 35.7 Å². The molecule has 6 rings (SSSR count). The molecule has 1 aliphatic carbocycles. The SMILES string of the molecule is COc1cc2c(c(OC)c1OC)-c1ccc(NCCCC(=O)Nc3nc(-c4ccc5c(c4)OCO5)cs3)c(=O)cc1[C@@H](NC(C)=O)CC2. The van der Waals surface area contributed by atoms with E-state index in [-0.39, 0.29) is 30.5 Å². The molecule has 4 aromatic rings. The maximum Gasteiger partial charge on any atom is 0.231 e. The molecule has 1 atom stereocenters. The Labute approximate surface area is 281 Å². The van der Waals surface area contributed by atoms with Crippen molar-refractivity contribution in [2.75, 3.05) is 45.3 Å². The summed E-state index contributed by atoms with van der Waals surface area (Å²) >= 11 is 1.34. The number of hydrogen-bond donors (Lipinski definition) is 3. The zero-order chi connectivity index (χ0) is 33.8. The van der Waals surface area contributed by atoms with Crippen LogP contribution in [-0.4, -0.2) is 51.5 Å². The van der Waals surface area contributed by atoms with E-state index in [1.165, 1.54) is 18.3 Å². The van der Waals surface area contributed by atoms with Gasteiger partial charge in [0.1, 0.15) is 0 Å². The topological polar surface area (TPSA) is 146 Å². The number of nitrogens with one attached hydrogen (secondary N) is 3. The molecule has 0 fully saturated rings. The van der Waals surface area contributed by atoms with Crippen molar-refractivity contribution < 1.29 is 33.3 Å². The number of carbonyl (C=O) groups excluding carboxylic acids is 2. The summed E-state index contributed by atoms with van der Waals surface area (Å²) in [5, 5.41) is 11.4. The van der Waals surface area contributed by atoms with Gasteiger partial charge in [-0.2, -0.15) is 0 Å². The minimum atomic E-state index is -0.403. The zero-order valence-corrected chi connectivity index (χ0v) is 27.9. The molecule has 3 N–H and O–H groups in total. The van der Waals surface area contributed by atoms with E-state index in [2.05, 4.69) is 20.9 Å². The fraction of sp³-hybridized carbons (Fsp3) is 0.314. The number of hydrogen-bond acceptors (Lipinski definition) is 11. The third kappa shape index (κ3) is 6.72. The number of thiazole rings is 1. The number of fused-ring (bicyclic) bond motifs is 4. The minimum absolute atomic E-state index is 0.178. The standard InChI is InChI=1S/C35H36N4O8S/c1-19(40)37-24-10-7-21-15-30(43-2)33(44-3)34(45-4)32(21)22-9-11-25(27(41)16-23(22)24)36-13-5-6-31(42)39-35-38-26(17-48-35)20-8-12-28-29(14-20)47-18-46-28/h8-9,11-12,14-17,24H,5-7,10,13,18H2,1-4H3,(H,36,41)(H,37,40)(H,38,39,42)/t24-/m0/s1. The number of methoxy groups -OCH3 is 3. The van der Waals surface area contributed by atoms with Crippen LogP contribution in [0.5, 0.6) is 28.7 Å². The Morgan fingerprint density at radius 2 is 1.81 bits per heavy atom. The Hall–Kier alpha value is -5.30. The van der Waals surface area contributed by atoms with E-state index < -0.39 is 6.04 Å². The van der Waals surface area contributed by atoms with Crippen LogP contribution in [0.2, 0.25) is 0 Å². The Morgan fingerprint density at radius 1 is 1.00 bits per heavy atom. The van der Waals surface area contributed by atoms with E-state index in [0.717, 1.165) is 27.9 Å². The molecule has 1 aromatic heterocycles. The average Bonchev–Trinajstić information content (AvgIpc) is 3.68. The van der Waals surface area contributed by atoms with Crippen molar-refractivity contribution in [1.29, 1.82) is 0 Å². The molecule has 0 saturated carbocycles. The van der Waals surface area contributed by atoms with E-state index in [9.17, 15) is 14.4 Å². The molecule has 250 valence electrons. The molecule has 48 heavy (non-hydrogen) atoms. The lowest BCUT2D eigenvalue weighted by atomic mass is 9.95. The maximum atomic E-state index is 13.5. The molecule has 13 heteroatoms. The van der Waals surface area contributed by atoms with E-state index in [0.29, 0.717) is 70.9 Å². The first-order chi connectivity index (χ1) is 23.3. The molecule has 0 saturated heterocycles. The fourth-order valence-electron chi connectivity index (χ4n) is 6.03. The molecule has 3 aromatic carbocycles. The quantitative estimate of drug-likeness (QED) is 0.174. The van der Waals surface area contributed by atoms with Gasteiger partial charge in [-0.15, -0.1) is 11.3 Å². The number of benzene rings is 2. The second-order valence-corrected chi connectivity index (χ2v) is 12.1. The molecular formula is C35H36N4O8S. The second-order valence-electron chi connectivity index (χ2n) is 11.3. The van der Waals surface area contributed by atoms with Gasteiger partial charge in [-0.05, 0) is 72.4 Å². The smallest absolute Gasteiger partial charge is 0.231 e. The molecule has 12 nitrogen and oxygen atoms in total. The van der Waals surface area contributed by atoms with Crippen molar-refractivity contribution in [1.82, 2.24) is 10.3 Å². The highest BCUT2D eigenvalue weighted by Gasteiger charge is 2.29. The summed E-state index contributed by atoms with van der Waals surface area (Å²) in [5.74, 6) is 2.44. The van der Waals surface area contributed by atoms with Gasteiger partial charge in [-0.3, -0.25) is 14.4 Å². The van der Waals surface area contributed by atoms with Crippen LogP contribution in [0.1, 0.15) is 43.4 Å². The van der Waals surface area contributed by atoms with Crippen LogP contribution in [0, 0.1) is 0 Å². The van der Waals surface area contributed by atoms with E-state index in [1.54, 1.807) is 33.5 Å². The minimum Gasteiger partial charge on any atom is -0.493 e. The first-order valence-electron chi connectivity index (χ1n) is 15.5. The van der Waals surface area contributed by atoms with Gasteiger partial charge in [0.2, 0.25) is 29.8 Å². The number of nitrogens with zero attached hydrogens (tertiary/aromatic N) is 1. The number of carbonyl (C=O) groups is 2. The number of rotatable bonds is 11. The van der Waals surface area contributed by atoms with Crippen LogP contribution >= 0.6 is 11.3 Å². The van der Waals surface area contributed by atoms with Crippen molar-refractivity contribution in [3.8, 4) is 51.1 Å². The van der Waals surface area contributed by atoms with Gasteiger partial charge in [0, 0.05) is 36.4 Å². The van der Waals surface area contributed by atoms with Crippen molar-refractivity contribution in [2.45, 2.75) is 38.6 Å². The van der Waals surface area contributed by atoms with Crippen LogP contribution in [0.4, 0.5) is 10.8 Å². The summed E-state index contributed by atoms with van der Waals surface area (Å²) < 4.78 is 27.9. The number of aromatic nitrogens is 1. The van der Waals surface area contributed by atoms with Crippen LogP contribution in [0.3, 0.4) is 0 Å². The Balaban J connectivity index is 1.16. The number of aryl methyl sites for hydroxylation is 1. The van der Waals surface area contributed by atoms with Crippen LogP contribution < -0.4 is 45.1 Å². The predicted octanol–water partition coefficient (Wildman–Crippen LogP) is 5.55. The van der Waals surface area contributed by atoms with Crippen molar-refractivity contribution in [2.24, 2.45) is 0 Å². The summed E-state index contributed by atoms with van der Waals surface area (Å²) in [4.78, 5) is 43.0. The summed E-state index contributed by atoms with van der Waals surface area (Å²) in [6.07, 6.45) is 1.88. The largest absolute Gasteiger partial charge is 0.493 e. The van der Waals surface area contributed by atoms with Crippen LogP contribution in [0.25, 0.3) is 22.4 Å². The second kappa shape index (κ2) is 14.2.